The number of fused-ring (bicyclic) bond motifs is 1. The van der Waals surface area contributed by atoms with E-state index in [0.717, 1.165) is 16.9 Å². The van der Waals surface area contributed by atoms with Crippen molar-refractivity contribution < 1.29 is 9.90 Å². The Labute approximate surface area is 214 Å². The Morgan fingerprint density at radius 1 is 1.14 bits per heavy atom. The molecule has 5 rings (SSSR count). The molecule has 186 valence electrons. The average Bonchev–Trinajstić information content (AvgIpc) is 3.15. The summed E-state index contributed by atoms with van der Waals surface area (Å²) in [6, 6.07) is 9.03. The van der Waals surface area contributed by atoms with Crippen LogP contribution in [0.15, 0.2) is 46.1 Å². The predicted octanol–water partition coefficient (Wildman–Crippen LogP) is 3.58. The Bertz CT molecular complexity index is 1620. The summed E-state index contributed by atoms with van der Waals surface area (Å²) in [6.45, 7) is 0.325. The maximum atomic E-state index is 12.6. The summed E-state index contributed by atoms with van der Waals surface area (Å²) in [4.78, 5) is 49.4. The number of carbonyl (C=O) groups is 1. The quantitative estimate of drug-likeness (QED) is 0.391. The number of H-pyrrole nitrogens is 1. The number of hydrogen-bond donors (Lipinski definition) is 2. The van der Waals surface area contributed by atoms with Crippen LogP contribution in [0, 0.1) is 5.92 Å². The molecule has 4 aromatic rings. The molecule has 1 aromatic carbocycles. The molecule has 1 aliphatic carbocycles. The maximum absolute atomic E-state index is 12.6. The van der Waals surface area contributed by atoms with Crippen LogP contribution in [-0.2, 0) is 25.4 Å². The Kier molecular flexibility index (Phi) is 6.09. The molecule has 2 N–H and O–H groups in total. The second kappa shape index (κ2) is 9.11. The summed E-state index contributed by atoms with van der Waals surface area (Å²) >= 11 is 12.4. The van der Waals surface area contributed by atoms with E-state index in [1.807, 2.05) is 23.1 Å². The zero-order valence-corrected chi connectivity index (χ0v) is 20.9. The molecule has 36 heavy (non-hydrogen) atoms. The summed E-state index contributed by atoms with van der Waals surface area (Å²) < 4.78 is 2.92. The second-order valence-electron chi connectivity index (χ2n) is 8.94. The Morgan fingerprint density at radius 2 is 1.89 bits per heavy atom. The highest BCUT2D eigenvalue weighted by Gasteiger charge is 2.36. The van der Waals surface area contributed by atoms with Gasteiger partial charge in [-0.25, -0.2) is 4.79 Å². The van der Waals surface area contributed by atoms with Crippen molar-refractivity contribution in [3.8, 4) is 0 Å². The van der Waals surface area contributed by atoms with Gasteiger partial charge in [-0.05, 0) is 42.7 Å². The molecule has 0 unspecified atom stereocenters. The van der Waals surface area contributed by atoms with Crippen molar-refractivity contribution in [2.75, 3.05) is 4.90 Å². The third-order valence-corrected chi connectivity index (χ3v) is 7.40. The number of nitrogens with one attached hydrogen (secondary N) is 1. The second-order valence-corrected chi connectivity index (χ2v) is 9.75. The van der Waals surface area contributed by atoms with Crippen LogP contribution >= 0.6 is 23.2 Å². The van der Waals surface area contributed by atoms with E-state index in [-0.39, 0.29) is 23.0 Å². The van der Waals surface area contributed by atoms with Crippen molar-refractivity contribution in [2.45, 2.75) is 25.3 Å². The number of rotatable bonds is 6. The van der Waals surface area contributed by atoms with Gasteiger partial charge in [0.2, 0.25) is 5.95 Å². The number of aromatic nitrogens is 5. The minimum Gasteiger partial charge on any atom is -0.481 e. The van der Waals surface area contributed by atoms with Crippen LogP contribution in [0.25, 0.3) is 11.2 Å². The summed E-state index contributed by atoms with van der Waals surface area (Å²) in [5.74, 6) is -0.682. The van der Waals surface area contributed by atoms with E-state index in [1.165, 1.54) is 4.57 Å². The van der Waals surface area contributed by atoms with Crippen molar-refractivity contribution in [1.82, 2.24) is 24.1 Å². The molecule has 3 aromatic heterocycles. The summed E-state index contributed by atoms with van der Waals surface area (Å²) in [6.07, 6.45) is 2.73. The highest BCUT2D eigenvalue weighted by atomic mass is 35.5. The fraction of sp³-hybridized carbons (Fsp3) is 0.292. The highest BCUT2D eigenvalue weighted by Crippen LogP contribution is 2.42. The molecule has 0 saturated heterocycles. The monoisotopic (exact) mass is 528 g/mol. The molecule has 1 saturated carbocycles. The largest absolute Gasteiger partial charge is 0.481 e. The standard InChI is InChI=1S/C24H22Cl2N6O4/c1-30-19-20(31(2)24(36)29-21(19)33)28-23(30)32(11-12-3-4-16(25)17(26)7-12)15-5-6-27-18(10-15)13-8-14(9-13)22(34)35/h3-7,10,13-14H,8-9,11H2,1-2H3,(H,34,35)(H,29,33,36). The normalized spacial score (nSPS) is 17.2. The third kappa shape index (κ3) is 4.16. The third-order valence-electron chi connectivity index (χ3n) is 6.66. The lowest BCUT2D eigenvalue weighted by atomic mass is 9.73. The Balaban J connectivity index is 1.63. The Morgan fingerprint density at radius 3 is 2.58 bits per heavy atom. The van der Waals surface area contributed by atoms with Crippen molar-refractivity contribution in [2.24, 2.45) is 20.0 Å². The molecule has 10 nitrogen and oxygen atoms in total. The number of aliphatic carboxylic acids is 1. The van der Waals surface area contributed by atoms with Gasteiger partial charge in [0, 0.05) is 37.6 Å². The lowest BCUT2D eigenvalue weighted by Gasteiger charge is -2.32. The van der Waals surface area contributed by atoms with Gasteiger partial charge in [-0.2, -0.15) is 4.98 Å². The molecular weight excluding hydrogens is 507 g/mol. The van der Waals surface area contributed by atoms with Gasteiger partial charge in [-0.3, -0.25) is 24.1 Å². The average molecular weight is 529 g/mol. The first-order valence-corrected chi connectivity index (χ1v) is 12.0. The minimum absolute atomic E-state index is 0.0435. The van der Waals surface area contributed by atoms with Gasteiger partial charge in [0.15, 0.2) is 11.2 Å². The van der Waals surface area contributed by atoms with E-state index in [4.69, 9.17) is 23.2 Å². The van der Waals surface area contributed by atoms with Crippen LogP contribution < -0.4 is 16.1 Å². The zero-order chi connectivity index (χ0) is 25.7. The number of carboxylic acids is 1. The van der Waals surface area contributed by atoms with E-state index in [9.17, 15) is 19.5 Å². The van der Waals surface area contributed by atoms with Crippen LogP contribution in [0.1, 0.15) is 30.0 Å². The van der Waals surface area contributed by atoms with Crippen molar-refractivity contribution in [3.63, 3.8) is 0 Å². The molecule has 1 aliphatic rings. The number of pyridine rings is 1. The molecule has 0 bridgehead atoms. The van der Waals surface area contributed by atoms with Crippen LogP contribution in [-0.4, -0.2) is 35.2 Å². The van der Waals surface area contributed by atoms with E-state index >= 15 is 0 Å². The number of benzene rings is 1. The first-order valence-electron chi connectivity index (χ1n) is 11.2. The summed E-state index contributed by atoms with van der Waals surface area (Å²) in [7, 11) is 3.25. The van der Waals surface area contributed by atoms with Gasteiger partial charge < -0.3 is 14.6 Å². The maximum Gasteiger partial charge on any atom is 0.329 e. The van der Waals surface area contributed by atoms with Crippen LogP contribution in [0.4, 0.5) is 11.6 Å². The van der Waals surface area contributed by atoms with E-state index in [2.05, 4.69) is 15.0 Å². The van der Waals surface area contributed by atoms with Gasteiger partial charge in [-0.1, -0.05) is 29.3 Å². The van der Waals surface area contributed by atoms with E-state index in [0.29, 0.717) is 35.4 Å². The minimum atomic E-state index is -0.792. The molecular formula is C24H22Cl2N6O4. The molecule has 0 spiro atoms. The van der Waals surface area contributed by atoms with Crippen LogP contribution in [0.5, 0.6) is 0 Å². The highest BCUT2D eigenvalue weighted by molar-refractivity contribution is 6.42. The first-order chi connectivity index (χ1) is 17.1. The fourth-order valence-electron chi connectivity index (χ4n) is 4.52. The lowest BCUT2D eigenvalue weighted by Crippen LogP contribution is -2.29. The molecule has 0 amide bonds. The molecule has 3 heterocycles. The zero-order valence-electron chi connectivity index (χ0n) is 19.4. The molecule has 12 heteroatoms. The number of carboxylic acid groups (broad SMARTS) is 1. The van der Waals surface area contributed by atoms with Gasteiger partial charge in [-0.15, -0.1) is 0 Å². The number of anilines is 2. The fourth-order valence-corrected chi connectivity index (χ4v) is 4.85. The summed E-state index contributed by atoms with van der Waals surface area (Å²) in [5, 5.41) is 10.1. The van der Waals surface area contributed by atoms with Gasteiger partial charge in [0.25, 0.3) is 5.56 Å². The Hall–Kier alpha value is -3.63. The SMILES string of the molecule is Cn1c(N(Cc2ccc(Cl)c(Cl)c2)c2ccnc(C3CC(C(=O)O)C3)c2)nc2c1c(=O)[nH]c(=O)n2C. The number of nitrogens with zero attached hydrogens (tertiary/aromatic N) is 5. The molecule has 0 aliphatic heterocycles. The molecule has 0 radical (unpaired) electrons. The van der Waals surface area contributed by atoms with Gasteiger partial charge in [0.1, 0.15) is 0 Å². The number of hydrogen-bond acceptors (Lipinski definition) is 6. The molecule has 1 fully saturated rings. The smallest absolute Gasteiger partial charge is 0.329 e. The van der Waals surface area contributed by atoms with Crippen LogP contribution in [0.3, 0.4) is 0 Å². The van der Waals surface area contributed by atoms with Crippen molar-refractivity contribution in [1.29, 1.82) is 0 Å². The topological polar surface area (TPSA) is 126 Å². The number of aryl methyl sites for hydroxylation is 2. The number of halogens is 2. The van der Waals surface area contributed by atoms with Gasteiger partial charge in [0.05, 0.1) is 22.5 Å². The lowest BCUT2D eigenvalue weighted by molar-refractivity contribution is -0.145. The van der Waals surface area contributed by atoms with Crippen molar-refractivity contribution >= 4 is 52.0 Å². The molecule has 0 atom stereocenters. The van der Waals surface area contributed by atoms with Crippen molar-refractivity contribution in [3.05, 3.63) is 78.7 Å². The first kappa shape index (κ1) is 24.1. The summed E-state index contributed by atoms with van der Waals surface area (Å²) in [5.41, 5.74) is 1.78. The van der Waals surface area contributed by atoms with Crippen LogP contribution in [0.2, 0.25) is 10.0 Å². The predicted molar refractivity (Wildman–Crippen MR) is 136 cm³/mol. The van der Waals surface area contributed by atoms with E-state index in [1.54, 1.807) is 37.0 Å². The number of aromatic amines is 1. The van der Waals surface area contributed by atoms with E-state index < -0.39 is 17.2 Å². The van der Waals surface area contributed by atoms with Gasteiger partial charge >= 0.3 is 11.7 Å². The number of imidazole rings is 1.